The number of esters is 1. The minimum Gasteiger partial charge on any atom is -0.465 e. The third-order valence-corrected chi connectivity index (χ3v) is 5.85. The topological polar surface area (TPSA) is 46.6 Å². The summed E-state index contributed by atoms with van der Waals surface area (Å²) in [6.45, 7) is 1.48. The summed E-state index contributed by atoms with van der Waals surface area (Å²) in [5, 5.41) is 0. The number of nitrogens with zero attached hydrogens (tertiary/aromatic N) is 1. The summed E-state index contributed by atoms with van der Waals surface area (Å²) < 4.78 is 4.83. The Labute approximate surface area is 153 Å². The Morgan fingerprint density at radius 3 is 2.69 bits per heavy atom. The SMILES string of the molecule is COC(=O)c1ccc2c(c1)C[C@]1(CC2)CCN(Cc2ccccc2)C1=O. The zero-order valence-corrected chi connectivity index (χ0v) is 15.0. The molecule has 4 rings (SSSR count). The van der Waals surface area contributed by atoms with Gasteiger partial charge in [-0.05, 0) is 54.5 Å². The van der Waals surface area contributed by atoms with Gasteiger partial charge in [0.2, 0.25) is 5.91 Å². The van der Waals surface area contributed by atoms with Crippen molar-refractivity contribution in [3.63, 3.8) is 0 Å². The molecule has 0 N–H and O–H groups in total. The largest absolute Gasteiger partial charge is 0.465 e. The fourth-order valence-corrected chi connectivity index (χ4v) is 4.35. The Morgan fingerprint density at radius 2 is 1.92 bits per heavy atom. The predicted molar refractivity (Wildman–Crippen MR) is 98.7 cm³/mol. The van der Waals surface area contributed by atoms with E-state index >= 15 is 0 Å². The first-order chi connectivity index (χ1) is 12.6. The first kappa shape index (κ1) is 16.8. The zero-order chi connectivity index (χ0) is 18.1. The van der Waals surface area contributed by atoms with Crippen LogP contribution in [0.2, 0.25) is 0 Å². The van der Waals surface area contributed by atoms with Crippen LogP contribution in [0.15, 0.2) is 48.5 Å². The van der Waals surface area contributed by atoms with Crippen molar-refractivity contribution in [3.8, 4) is 0 Å². The van der Waals surface area contributed by atoms with E-state index < -0.39 is 0 Å². The lowest BCUT2D eigenvalue weighted by Gasteiger charge is -2.33. The van der Waals surface area contributed by atoms with Gasteiger partial charge >= 0.3 is 5.97 Å². The monoisotopic (exact) mass is 349 g/mol. The van der Waals surface area contributed by atoms with Crippen LogP contribution in [0, 0.1) is 5.41 Å². The van der Waals surface area contributed by atoms with Crippen LogP contribution in [0.3, 0.4) is 0 Å². The Kier molecular flexibility index (Phi) is 4.27. The highest BCUT2D eigenvalue weighted by atomic mass is 16.5. The van der Waals surface area contributed by atoms with E-state index in [2.05, 4.69) is 12.1 Å². The number of carbonyl (C=O) groups excluding carboxylic acids is 2. The number of methoxy groups -OCH3 is 1. The molecule has 0 bridgehead atoms. The van der Waals surface area contributed by atoms with Gasteiger partial charge in [-0.3, -0.25) is 4.79 Å². The van der Waals surface area contributed by atoms with Gasteiger partial charge in [0.05, 0.1) is 18.1 Å². The fraction of sp³-hybridized carbons (Fsp3) is 0.364. The van der Waals surface area contributed by atoms with Gasteiger partial charge in [-0.1, -0.05) is 36.4 Å². The normalized spacial score (nSPS) is 21.7. The number of carbonyl (C=O) groups is 2. The summed E-state index contributed by atoms with van der Waals surface area (Å²) in [5.74, 6) is -0.0636. The van der Waals surface area contributed by atoms with Crippen LogP contribution in [0.4, 0.5) is 0 Å². The molecule has 0 unspecified atom stereocenters. The maximum atomic E-state index is 13.2. The molecule has 0 aromatic heterocycles. The third kappa shape index (κ3) is 2.90. The lowest BCUT2D eigenvalue weighted by Crippen LogP contribution is -2.38. The zero-order valence-electron chi connectivity index (χ0n) is 15.0. The molecule has 1 atom stereocenters. The minimum atomic E-state index is -0.323. The number of amides is 1. The molecule has 2 aromatic rings. The summed E-state index contributed by atoms with van der Waals surface area (Å²) in [7, 11) is 1.39. The third-order valence-electron chi connectivity index (χ3n) is 5.85. The van der Waals surface area contributed by atoms with Gasteiger partial charge in [-0.25, -0.2) is 4.79 Å². The number of fused-ring (bicyclic) bond motifs is 1. The van der Waals surface area contributed by atoms with E-state index in [0.29, 0.717) is 12.1 Å². The van der Waals surface area contributed by atoms with E-state index in [-0.39, 0.29) is 17.3 Å². The first-order valence-electron chi connectivity index (χ1n) is 9.15. The molecule has 1 aliphatic heterocycles. The predicted octanol–water partition coefficient (Wildman–Crippen LogP) is 3.38. The summed E-state index contributed by atoms with van der Waals surface area (Å²) >= 11 is 0. The lowest BCUT2D eigenvalue weighted by atomic mass is 9.70. The highest BCUT2D eigenvalue weighted by molar-refractivity contribution is 5.90. The van der Waals surface area contributed by atoms with Crippen molar-refractivity contribution in [3.05, 3.63) is 70.8 Å². The highest BCUT2D eigenvalue weighted by Gasteiger charge is 2.47. The van der Waals surface area contributed by atoms with Gasteiger partial charge in [0.25, 0.3) is 0 Å². The molecule has 1 spiro atoms. The van der Waals surface area contributed by atoms with Crippen molar-refractivity contribution in [2.75, 3.05) is 13.7 Å². The molecule has 1 heterocycles. The van der Waals surface area contributed by atoms with Gasteiger partial charge in [0.15, 0.2) is 0 Å². The molecule has 1 aliphatic carbocycles. The molecule has 1 amide bonds. The lowest BCUT2D eigenvalue weighted by molar-refractivity contribution is -0.137. The quantitative estimate of drug-likeness (QED) is 0.798. The molecule has 4 heteroatoms. The Morgan fingerprint density at radius 1 is 1.12 bits per heavy atom. The average molecular weight is 349 g/mol. The van der Waals surface area contributed by atoms with Crippen LogP contribution in [-0.2, 0) is 28.9 Å². The average Bonchev–Trinajstić information content (AvgIpc) is 2.97. The number of rotatable bonds is 3. The molecule has 1 fully saturated rings. The summed E-state index contributed by atoms with van der Waals surface area (Å²) in [4.78, 5) is 27.0. The van der Waals surface area contributed by atoms with Crippen LogP contribution in [0.5, 0.6) is 0 Å². The van der Waals surface area contributed by atoms with E-state index in [1.54, 1.807) is 0 Å². The molecule has 2 aliphatic rings. The van der Waals surface area contributed by atoms with Crippen molar-refractivity contribution >= 4 is 11.9 Å². The highest BCUT2D eigenvalue weighted by Crippen LogP contribution is 2.44. The van der Waals surface area contributed by atoms with Crippen molar-refractivity contribution < 1.29 is 14.3 Å². The Hall–Kier alpha value is -2.62. The van der Waals surface area contributed by atoms with E-state index in [4.69, 9.17) is 4.74 Å². The van der Waals surface area contributed by atoms with Crippen molar-refractivity contribution in [2.45, 2.75) is 32.2 Å². The molecule has 0 saturated carbocycles. The molecule has 134 valence electrons. The van der Waals surface area contributed by atoms with Crippen LogP contribution in [0.25, 0.3) is 0 Å². The Balaban J connectivity index is 1.55. The number of hydrogen-bond acceptors (Lipinski definition) is 3. The summed E-state index contributed by atoms with van der Waals surface area (Å²) in [6.07, 6.45) is 3.39. The van der Waals surface area contributed by atoms with Gasteiger partial charge < -0.3 is 9.64 Å². The first-order valence-corrected chi connectivity index (χ1v) is 9.15. The van der Waals surface area contributed by atoms with Crippen molar-refractivity contribution in [1.29, 1.82) is 0 Å². The van der Waals surface area contributed by atoms with Gasteiger partial charge in [0, 0.05) is 13.1 Å². The minimum absolute atomic E-state index is 0.260. The van der Waals surface area contributed by atoms with Crippen LogP contribution >= 0.6 is 0 Å². The Bertz CT molecular complexity index is 846. The second-order valence-corrected chi connectivity index (χ2v) is 7.39. The fourth-order valence-electron chi connectivity index (χ4n) is 4.35. The summed E-state index contributed by atoms with van der Waals surface area (Å²) in [5.41, 5.74) is 3.79. The van der Waals surface area contributed by atoms with Gasteiger partial charge in [-0.15, -0.1) is 0 Å². The van der Waals surface area contributed by atoms with Crippen molar-refractivity contribution in [1.82, 2.24) is 4.90 Å². The second kappa shape index (κ2) is 6.60. The van der Waals surface area contributed by atoms with E-state index in [9.17, 15) is 9.59 Å². The van der Waals surface area contributed by atoms with Crippen LogP contribution < -0.4 is 0 Å². The smallest absolute Gasteiger partial charge is 0.337 e. The van der Waals surface area contributed by atoms with E-state index in [1.807, 2.05) is 41.3 Å². The molecular formula is C22H23NO3. The summed E-state index contributed by atoms with van der Waals surface area (Å²) in [6, 6.07) is 15.9. The van der Waals surface area contributed by atoms with Crippen LogP contribution in [-0.4, -0.2) is 30.4 Å². The molecule has 2 aromatic carbocycles. The number of hydrogen-bond donors (Lipinski definition) is 0. The molecule has 26 heavy (non-hydrogen) atoms. The van der Waals surface area contributed by atoms with E-state index in [1.165, 1.54) is 18.2 Å². The molecule has 4 nitrogen and oxygen atoms in total. The van der Waals surface area contributed by atoms with Gasteiger partial charge in [0.1, 0.15) is 0 Å². The van der Waals surface area contributed by atoms with Gasteiger partial charge in [-0.2, -0.15) is 0 Å². The number of ether oxygens (including phenoxy) is 1. The second-order valence-electron chi connectivity index (χ2n) is 7.39. The molecule has 0 radical (unpaired) electrons. The maximum absolute atomic E-state index is 13.2. The molecular weight excluding hydrogens is 326 g/mol. The van der Waals surface area contributed by atoms with E-state index in [0.717, 1.165) is 37.8 Å². The molecule has 1 saturated heterocycles. The van der Waals surface area contributed by atoms with Crippen molar-refractivity contribution in [2.24, 2.45) is 5.41 Å². The van der Waals surface area contributed by atoms with Crippen LogP contribution in [0.1, 0.15) is 39.9 Å². The number of benzene rings is 2. The number of aryl methyl sites for hydroxylation is 1. The standard InChI is InChI=1S/C22H23NO3/c1-26-20(24)18-8-7-17-9-10-22(14-19(17)13-18)11-12-23(21(22)25)15-16-5-3-2-4-6-16/h2-8,13H,9-12,14-15H2,1H3/t22-/m0/s1. The maximum Gasteiger partial charge on any atom is 0.337 e. The number of likely N-dealkylation sites (tertiary alicyclic amines) is 1.